The van der Waals surface area contributed by atoms with Crippen molar-refractivity contribution in [1.82, 2.24) is 0 Å². The van der Waals surface area contributed by atoms with E-state index in [1.54, 1.807) is 12.1 Å². The smallest absolute Gasteiger partial charge is 0.417 e. The van der Waals surface area contributed by atoms with Crippen molar-refractivity contribution in [2.75, 3.05) is 0 Å². The molecular weight excluding hydrogens is 867 g/mol. The number of hydrogen-bond acceptors (Lipinski definition) is 4. The fourth-order valence-corrected chi connectivity index (χ4v) is 6.84. The molecular formula is C52H28F6O8. The van der Waals surface area contributed by atoms with Crippen molar-refractivity contribution >= 4 is 23.9 Å². The van der Waals surface area contributed by atoms with Crippen molar-refractivity contribution < 1.29 is 65.9 Å². The Morgan fingerprint density at radius 2 is 0.545 bits per heavy atom. The highest BCUT2D eigenvalue weighted by atomic mass is 19.4. The topological polar surface area (TPSA) is 149 Å². The number of benzene rings is 7. The van der Waals surface area contributed by atoms with E-state index in [0.29, 0.717) is 44.5 Å². The zero-order valence-electron chi connectivity index (χ0n) is 33.5. The van der Waals surface area contributed by atoms with E-state index >= 15 is 0 Å². The highest BCUT2D eigenvalue weighted by molar-refractivity contribution is 5.91. The zero-order chi connectivity index (χ0) is 47.5. The Bertz CT molecular complexity index is 2830. The average molecular weight is 895 g/mol. The fourth-order valence-electron chi connectivity index (χ4n) is 6.84. The number of carbonyl (C=O) groups is 4. The first-order valence-electron chi connectivity index (χ1n) is 19.2. The Balaban J connectivity index is 1.35. The van der Waals surface area contributed by atoms with Gasteiger partial charge in [0.05, 0.1) is 33.4 Å². The van der Waals surface area contributed by atoms with E-state index < -0.39 is 58.5 Å². The summed E-state index contributed by atoms with van der Waals surface area (Å²) >= 11 is 0. The quantitative estimate of drug-likeness (QED) is 0.0870. The lowest BCUT2D eigenvalue weighted by atomic mass is 9.94. The second kappa shape index (κ2) is 18.1. The second-order valence-electron chi connectivity index (χ2n) is 14.6. The number of halogens is 6. The lowest BCUT2D eigenvalue weighted by Crippen LogP contribution is -2.14. The largest absolute Gasteiger partial charge is 0.478 e. The molecule has 7 rings (SSSR count). The molecule has 0 aliphatic rings. The van der Waals surface area contributed by atoms with Gasteiger partial charge in [-0.2, -0.15) is 26.3 Å². The molecule has 7 aromatic carbocycles. The van der Waals surface area contributed by atoms with Crippen LogP contribution in [0.25, 0.3) is 44.5 Å². The zero-order valence-corrected chi connectivity index (χ0v) is 33.5. The summed E-state index contributed by atoms with van der Waals surface area (Å²) in [4.78, 5) is 45.9. The van der Waals surface area contributed by atoms with E-state index in [1.165, 1.54) is 121 Å². The number of alkyl halides is 6. The molecule has 0 saturated heterocycles. The molecule has 0 fully saturated rings. The third-order valence-electron chi connectivity index (χ3n) is 10.2. The van der Waals surface area contributed by atoms with Crippen LogP contribution in [0.3, 0.4) is 0 Å². The maximum Gasteiger partial charge on any atom is 0.417 e. The summed E-state index contributed by atoms with van der Waals surface area (Å²) in [6, 6.07) is 32.2. The van der Waals surface area contributed by atoms with Crippen LogP contribution in [0.2, 0.25) is 0 Å². The Labute approximate surface area is 370 Å². The van der Waals surface area contributed by atoms with Gasteiger partial charge in [0.25, 0.3) is 0 Å². The van der Waals surface area contributed by atoms with Crippen molar-refractivity contribution in [3.05, 3.63) is 201 Å². The summed E-state index contributed by atoms with van der Waals surface area (Å²) in [6.45, 7) is 0. The first-order valence-corrected chi connectivity index (χ1v) is 19.2. The normalized spacial score (nSPS) is 11.1. The molecule has 0 amide bonds. The van der Waals surface area contributed by atoms with E-state index in [4.69, 9.17) is 0 Å². The molecule has 0 heterocycles. The lowest BCUT2D eigenvalue weighted by molar-refractivity contribution is -0.141. The van der Waals surface area contributed by atoms with Gasteiger partial charge in [0.1, 0.15) is 0 Å². The number of hydrogen-bond donors (Lipinski definition) is 4. The highest BCUT2D eigenvalue weighted by Crippen LogP contribution is 2.39. The van der Waals surface area contributed by atoms with Gasteiger partial charge in [0, 0.05) is 22.3 Å². The third kappa shape index (κ3) is 10.3. The van der Waals surface area contributed by atoms with Gasteiger partial charge in [-0.25, -0.2) is 19.2 Å². The van der Waals surface area contributed by atoms with Gasteiger partial charge in [-0.15, -0.1) is 0 Å². The molecule has 0 saturated carbocycles. The molecule has 7 aromatic rings. The van der Waals surface area contributed by atoms with Crippen molar-refractivity contribution in [3.8, 4) is 68.2 Å². The minimum absolute atomic E-state index is 0.0275. The van der Waals surface area contributed by atoms with Crippen molar-refractivity contribution in [1.29, 1.82) is 0 Å². The van der Waals surface area contributed by atoms with Crippen LogP contribution in [-0.2, 0) is 12.4 Å². The van der Waals surface area contributed by atoms with Gasteiger partial charge < -0.3 is 20.4 Å². The van der Waals surface area contributed by atoms with Gasteiger partial charge in [0.15, 0.2) is 0 Å². The number of rotatable bonds is 8. The SMILES string of the molecule is O=C(O)c1ccc(-c2cc(C#Cc3cc(C(F)(F)F)c(C#Cc4cc(-c5ccc(C(=O)O)cc5)cc(-c5ccc(C(=O)O)cc5)c4)cc3C(F)(F)F)cc(-c3ccc(C(=O)O)cc3)c2)cc1. The molecule has 0 radical (unpaired) electrons. The number of carboxylic acid groups (broad SMARTS) is 4. The van der Waals surface area contributed by atoms with Gasteiger partial charge in [0.2, 0.25) is 0 Å². The van der Waals surface area contributed by atoms with E-state index in [1.807, 2.05) is 0 Å². The first-order chi connectivity index (χ1) is 31.2. The summed E-state index contributed by atoms with van der Waals surface area (Å²) in [5.41, 5.74) is -1.51. The van der Waals surface area contributed by atoms with Crippen LogP contribution in [0, 0.1) is 23.7 Å². The molecule has 0 aliphatic carbocycles. The molecule has 66 heavy (non-hydrogen) atoms. The molecule has 8 nitrogen and oxygen atoms in total. The van der Waals surface area contributed by atoms with E-state index in [9.17, 15) is 65.9 Å². The van der Waals surface area contributed by atoms with Gasteiger partial charge >= 0.3 is 36.2 Å². The Kier molecular flexibility index (Phi) is 12.4. The van der Waals surface area contributed by atoms with Crippen LogP contribution >= 0.6 is 0 Å². The first kappa shape index (κ1) is 45.2. The van der Waals surface area contributed by atoms with E-state index in [2.05, 4.69) is 23.7 Å². The highest BCUT2D eigenvalue weighted by Gasteiger charge is 2.39. The van der Waals surface area contributed by atoms with Crippen LogP contribution < -0.4 is 0 Å². The monoisotopic (exact) mass is 894 g/mol. The van der Waals surface area contributed by atoms with E-state index in [-0.39, 0.29) is 45.5 Å². The second-order valence-corrected chi connectivity index (χ2v) is 14.6. The Hall–Kier alpha value is -8.88. The van der Waals surface area contributed by atoms with Crippen LogP contribution in [-0.4, -0.2) is 44.3 Å². The molecule has 0 unspecified atom stereocenters. The van der Waals surface area contributed by atoms with Crippen LogP contribution in [0.5, 0.6) is 0 Å². The van der Waals surface area contributed by atoms with Crippen molar-refractivity contribution in [2.24, 2.45) is 0 Å². The molecule has 4 N–H and O–H groups in total. The molecule has 0 aliphatic heterocycles. The van der Waals surface area contributed by atoms with Gasteiger partial charge in [-0.3, -0.25) is 0 Å². The van der Waals surface area contributed by atoms with Crippen molar-refractivity contribution in [2.45, 2.75) is 12.4 Å². The number of aromatic carboxylic acids is 4. The summed E-state index contributed by atoms with van der Waals surface area (Å²) in [7, 11) is 0. The van der Waals surface area contributed by atoms with Crippen LogP contribution in [0.15, 0.2) is 146 Å². The molecule has 0 spiro atoms. The van der Waals surface area contributed by atoms with Gasteiger partial charge in [-0.05, 0) is 142 Å². The summed E-state index contributed by atoms with van der Waals surface area (Å²) in [5.74, 6) is 4.93. The Morgan fingerprint density at radius 1 is 0.318 bits per heavy atom. The molecule has 0 bridgehead atoms. The maximum absolute atomic E-state index is 14.8. The molecule has 14 heteroatoms. The molecule has 326 valence electrons. The summed E-state index contributed by atoms with van der Waals surface area (Å²) in [6.07, 6.45) is -10.4. The summed E-state index contributed by atoms with van der Waals surface area (Å²) in [5, 5.41) is 37.5. The maximum atomic E-state index is 14.8. The predicted octanol–water partition coefficient (Wildman–Crippen LogP) is 12.0. The molecule has 0 aromatic heterocycles. The van der Waals surface area contributed by atoms with Gasteiger partial charge in [-0.1, -0.05) is 72.2 Å². The Morgan fingerprint density at radius 3 is 0.742 bits per heavy atom. The van der Waals surface area contributed by atoms with Crippen LogP contribution in [0.1, 0.15) is 74.8 Å². The minimum atomic E-state index is -5.22. The molecule has 0 atom stereocenters. The minimum Gasteiger partial charge on any atom is -0.478 e. The predicted molar refractivity (Wildman–Crippen MR) is 231 cm³/mol. The summed E-state index contributed by atoms with van der Waals surface area (Å²) < 4.78 is 88.7. The standard InChI is InChI=1S/C52H28F6O8/c53-51(54,55)45-28-40(4-2-30-23-43(33-9-17-37(18-10-33)49(63)64)26-44(24-30)34-11-19-38(20-12-34)50(65)66)46(52(56,57)58)27-39(45)3-1-29-21-41(31-5-13-35(14-6-31)47(59)60)25-42(22-29)32-7-15-36(16-8-32)48(61)62/h5-28H,(H,59,60)(H,61,62)(H,63,64)(H,65,66). The fraction of sp³-hybridized carbons (Fsp3) is 0.0385. The number of carboxylic acids is 4. The van der Waals surface area contributed by atoms with Crippen molar-refractivity contribution in [3.63, 3.8) is 0 Å². The van der Waals surface area contributed by atoms with E-state index in [0.717, 1.165) is 0 Å². The van der Waals surface area contributed by atoms with Crippen LogP contribution in [0.4, 0.5) is 26.3 Å². The average Bonchev–Trinajstić information content (AvgIpc) is 3.29. The third-order valence-corrected chi connectivity index (χ3v) is 10.2. The lowest BCUT2D eigenvalue weighted by Gasteiger charge is -2.15.